The predicted octanol–water partition coefficient (Wildman–Crippen LogP) is 4.41. The summed E-state index contributed by atoms with van der Waals surface area (Å²) < 4.78 is 22.5. The van der Waals surface area contributed by atoms with Gasteiger partial charge < -0.3 is 0 Å². The quantitative estimate of drug-likeness (QED) is 0.585. The maximum Gasteiger partial charge on any atom is 0 e. The van der Waals surface area contributed by atoms with Gasteiger partial charge in [0.05, 0.1) is 5.25 Å². The van der Waals surface area contributed by atoms with Gasteiger partial charge in [0.25, 0.3) is 0 Å². The molecule has 0 aliphatic rings. The molecule has 2 aromatic carbocycles. The zero-order valence-corrected chi connectivity index (χ0v) is 14.7. The molecule has 0 saturated heterocycles. The monoisotopic (exact) mass is 364 g/mol. The van der Waals surface area contributed by atoms with Crippen LogP contribution in [-0.4, -0.2) is 5.75 Å². The molecule has 0 aliphatic carbocycles. The molecule has 0 N–H and O–H groups in total. The van der Waals surface area contributed by atoms with Crippen LogP contribution in [-0.2, 0) is 31.3 Å². The second-order valence-corrected chi connectivity index (χ2v) is 5.04. The van der Waals surface area contributed by atoms with E-state index in [2.05, 4.69) is 87.5 Å². The van der Waals surface area contributed by atoms with Crippen LogP contribution < -0.4 is 0 Å². The SMILES string of the molecule is CCSC(c1ccccc1)c1ccccc1.[C-]#[O+].[C-]#[O+].[C-]#[O+].[Cr]. The van der Waals surface area contributed by atoms with E-state index < -0.39 is 0 Å². The van der Waals surface area contributed by atoms with Crippen molar-refractivity contribution in [2.75, 3.05) is 5.75 Å². The van der Waals surface area contributed by atoms with E-state index in [9.17, 15) is 0 Å². The minimum atomic E-state index is 0. The van der Waals surface area contributed by atoms with Gasteiger partial charge in [-0.3, -0.25) is 0 Å². The molecular formula is C18H16CrO3S. The van der Waals surface area contributed by atoms with Crippen molar-refractivity contribution in [1.82, 2.24) is 0 Å². The molecule has 3 nitrogen and oxygen atoms in total. The summed E-state index contributed by atoms with van der Waals surface area (Å²) >= 11 is 1.98. The molecule has 118 valence electrons. The number of hydrogen-bond donors (Lipinski definition) is 0. The smallest absolute Gasteiger partial charge is 0 e. The van der Waals surface area contributed by atoms with Crippen molar-refractivity contribution in [2.24, 2.45) is 0 Å². The maximum atomic E-state index is 7.50. The van der Waals surface area contributed by atoms with Gasteiger partial charge in [-0.2, -0.15) is 0 Å². The summed E-state index contributed by atoms with van der Waals surface area (Å²) in [4.78, 5) is 0. The van der Waals surface area contributed by atoms with Crippen molar-refractivity contribution in [1.29, 1.82) is 0 Å². The molecule has 0 saturated carbocycles. The molecule has 0 atom stereocenters. The molecule has 0 amide bonds. The fourth-order valence-corrected chi connectivity index (χ4v) is 2.84. The van der Waals surface area contributed by atoms with Crippen LogP contribution in [0.4, 0.5) is 0 Å². The Hall–Kier alpha value is -1.46. The maximum absolute atomic E-state index is 7.50. The second-order valence-electron chi connectivity index (χ2n) is 3.66. The zero-order valence-electron chi connectivity index (χ0n) is 12.6. The number of rotatable bonds is 4. The van der Waals surface area contributed by atoms with Crippen LogP contribution in [0.5, 0.6) is 0 Å². The van der Waals surface area contributed by atoms with Crippen LogP contribution in [0.15, 0.2) is 60.7 Å². The van der Waals surface area contributed by atoms with E-state index in [-0.39, 0.29) is 17.4 Å². The minimum absolute atomic E-state index is 0. The van der Waals surface area contributed by atoms with Crippen molar-refractivity contribution in [3.05, 3.63) is 91.7 Å². The Labute approximate surface area is 152 Å². The standard InChI is InChI=1S/C15H16S.3CO.Cr/c1-2-16-15(13-9-5-3-6-10-13)14-11-7-4-8-12-14;3*1-2;/h3-12,15H,2H2,1H3;;;;. The summed E-state index contributed by atoms with van der Waals surface area (Å²) in [5.74, 6) is 1.13. The van der Waals surface area contributed by atoms with Gasteiger partial charge in [0, 0.05) is 17.4 Å². The van der Waals surface area contributed by atoms with Gasteiger partial charge in [0.2, 0.25) is 0 Å². The average molecular weight is 364 g/mol. The molecule has 0 aliphatic heterocycles. The summed E-state index contributed by atoms with van der Waals surface area (Å²) in [6.07, 6.45) is 0. The van der Waals surface area contributed by atoms with Gasteiger partial charge in [-0.25, -0.2) is 0 Å². The van der Waals surface area contributed by atoms with E-state index in [1.807, 2.05) is 11.8 Å². The van der Waals surface area contributed by atoms with Crippen LogP contribution >= 0.6 is 11.8 Å². The third-order valence-corrected chi connectivity index (χ3v) is 3.75. The first-order chi connectivity index (χ1) is 10.9. The Kier molecular flexibility index (Phi) is 23.6. The van der Waals surface area contributed by atoms with E-state index in [1.54, 1.807) is 0 Å². The topological polar surface area (TPSA) is 59.7 Å². The molecular weight excluding hydrogens is 348 g/mol. The summed E-state index contributed by atoms with van der Waals surface area (Å²) in [6.45, 7) is 15.7. The van der Waals surface area contributed by atoms with E-state index in [0.717, 1.165) is 5.75 Å². The summed E-state index contributed by atoms with van der Waals surface area (Å²) in [5.41, 5.74) is 2.78. The molecule has 23 heavy (non-hydrogen) atoms. The fourth-order valence-electron chi connectivity index (χ4n) is 1.81. The Morgan fingerprint density at radius 1 is 0.739 bits per heavy atom. The molecule has 0 unspecified atom stereocenters. The van der Waals surface area contributed by atoms with Crippen molar-refractivity contribution in [2.45, 2.75) is 12.2 Å². The van der Waals surface area contributed by atoms with Crippen molar-refractivity contribution < 1.29 is 31.3 Å². The van der Waals surface area contributed by atoms with Crippen LogP contribution in [0.1, 0.15) is 23.3 Å². The molecule has 0 aromatic heterocycles. The van der Waals surface area contributed by atoms with Crippen LogP contribution in [0, 0.1) is 20.0 Å². The average Bonchev–Trinajstić information content (AvgIpc) is 2.66. The Morgan fingerprint density at radius 3 is 1.30 bits per heavy atom. The Bertz CT molecular complexity index is 485. The zero-order chi connectivity index (χ0) is 17.2. The van der Waals surface area contributed by atoms with Crippen molar-refractivity contribution in [3.63, 3.8) is 0 Å². The first kappa shape index (κ1) is 26.4. The molecule has 0 heterocycles. The van der Waals surface area contributed by atoms with Gasteiger partial charge >= 0.3 is 33.9 Å². The second kappa shape index (κ2) is 20.5. The first-order valence-corrected chi connectivity index (χ1v) is 7.29. The van der Waals surface area contributed by atoms with E-state index >= 15 is 0 Å². The molecule has 0 fully saturated rings. The van der Waals surface area contributed by atoms with Crippen LogP contribution in [0.2, 0.25) is 0 Å². The number of hydrogen-bond acceptors (Lipinski definition) is 1. The Morgan fingerprint density at radius 2 is 1.04 bits per heavy atom. The van der Waals surface area contributed by atoms with Gasteiger partial charge in [-0.1, -0.05) is 67.6 Å². The largest absolute Gasteiger partial charge is 0 e. The molecule has 0 spiro atoms. The van der Waals surface area contributed by atoms with Crippen LogP contribution in [0.25, 0.3) is 0 Å². The normalized spacial score (nSPS) is 7.65. The van der Waals surface area contributed by atoms with Gasteiger partial charge in [-0.15, -0.1) is 11.8 Å². The summed E-state index contributed by atoms with van der Waals surface area (Å²) in [7, 11) is 0. The molecule has 2 aromatic rings. The minimum Gasteiger partial charge on any atom is 0 e. The van der Waals surface area contributed by atoms with Gasteiger partial charge in [-0.05, 0) is 16.9 Å². The van der Waals surface area contributed by atoms with E-state index in [0.29, 0.717) is 5.25 Å². The van der Waals surface area contributed by atoms with E-state index in [4.69, 9.17) is 14.0 Å². The third kappa shape index (κ3) is 10.8. The van der Waals surface area contributed by atoms with Crippen molar-refractivity contribution >= 4 is 11.8 Å². The van der Waals surface area contributed by atoms with Gasteiger partial charge in [0.15, 0.2) is 0 Å². The number of thioether (sulfide) groups is 1. The van der Waals surface area contributed by atoms with Crippen molar-refractivity contribution in [3.8, 4) is 0 Å². The fraction of sp³-hybridized carbons (Fsp3) is 0.167. The molecule has 5 heteroatoms. The first-order valence-electron chi connectivity index (χ1n) is 6.24. The summed E-state index contributed by atoms with van der Waals surface area (Å²) in [5, 5.41) is 0.465. The van der Waals surface area contributed by atoms with E-state index in [1.165, 1.54) is 11.1 Å². The van der Waals surface area contributed by atoms with Gasteiger partial charge in [0.1, 0.15) is 0 Å². The van der Waals surface area contributed by atoms with Crippen LogP contribution in [0.3, 0.4) is 0 Å². The third-order valence-electron chi connectivity index (χ3n) is 2.54. The molecule has 0 radical (unpaired) electrons. The number of benzene rings is 2. The molecule has 2 rings (SSSR count). The Balaban J connectivity index is -0.000000514. The molecule has 0 bridgehead atoms. The predicted molar refractivity (Wildman–Crippen MR) is 84.6 cm³/mol. The summed E-state index contributed by atoms with van der Waals surface area (Å²) in [6, 6.07) is 21.4.